The van der Waals surface area contributed by atoms with Crippen LogP contribution < -0.4 is 5.32 Å². The number of hydrogen-bond acceptors (Lipinski definition) is 4. The summed E-state index contributed by atoms with van der Waals surface area (Å²) in [5.74, 6) is 1.15. The van der Waals surface area contributed by atoms with Gasteiger partial charge in [0.15, 0.2) is 5.13 Å². The normalized spacial score (nSPS) is 43.4. The fourth-order valence-electron chi connectivity index (χ4n) is 4.99. The van der Waals surface area contributed by atoms with Gasteiger partial charge in [0.05, 0.1) is 11.0 Å². The molecule has 0 saturated heterocycles. The summed E-state index contributed by atoms with van der Waals surface area (Å²) in [5.41, 5.74) is -0.922. The number of carbonyl (C=O) groups is 1. The second-order valence-electron chi connectivity index (χ2n) is 6.76. The van der Waals surface area contributed by atoms with Crippen LogP contribution in [0.25, 0.3) is 0 Å². The third kappa shape index (κ3) is 1.82. The highest BCUT2D eigenvalue weighted by Gasteiger charge is 2.60. The highest BCUT2D eigenvalue weighted by atomic mass is 32.1. The van der Waals surface area contributed by atoms with E-state index in [9.17, 15) is 9.90 Å². The van der Waals surface area contributed by atoms with Crippen molar-refractivity contribution in [2.24, 2.45) is 17.3 Å². The third-order valence-electron chi connectivity index (χ3n) is 5.16. The molecule has 19 heavy (non-hydrogen) atoms. The van der Waals surface area contributed by atoms with Crippen molar-refractivity contribution in [2.75, 3.05) is 5.32 Å². The van der Waals surface area contributed by atoms with Crippen LogP contribution in [0.15, 0.2) is 11.6 Å². The number of amides is 1. The number of nitrogens with zero attached hydrogens (tertiary/aromatic N) is 1. The molecule has 2 unspecified atom stereocenters. The fourth-order valence-corrected chi connectivity index (χ4v) is 5.52. The van der Waals surface area contributed by atoms with E-state index in [1.165, 1.54) is 17.8 Å². The monoisotopic (exact) mass is 278 g/mol. The van der Waals surface area contributed by atoms with Crippen LogP contribution in [0.5, 0.6) is 0 Å². The minimum Gasteiger partial charge on any atom is -0.390 e. The lowest BCUT2D eigenvalue weighted by molar-refractivity contribution is -0.174. The first-order chi connectivity index (χ1) is 9.07. The maximum atomic E-state index is 12.7. The van der Waals surface area contributed by atoms with Crippen LogP contribution in [-0.2, 0) is 4.79 Å². The zero-order valence-corrected chi connectivity index (χ0v) is 11.6. The fraction of sp³-hybridized carbons (Fsp3) is 0.714. The van der Waals surface area contributed by atoms with Gasteiger partial charge in [0.2, 0.25) is 5.91 Å². The summed E-state index contributed by atoms with van der Waals surface area (Å²) in [4.78, 5) is 16.8. The van der Waals surface area contributed by atoms with Crippen LogP contribution in [0.1, 0.15) is 38.5 Å². The van der Waals surface area contributed by atoms with E-state index >= 15 is 0 Å². The van der Waals surface area contributed by atoms with Crippen LogP contribution in [0, 0.1) is 17.3 Å². The molecule has 4 nitrogen and oxygen atoms in total. The zero-order chi connectivity index (χ0) is 13.1. The molecule has 4 fully saturated rings. The molecule has 1 heterocycles. The van der Waals surface area contributed by atoms with Gasteiger partial charge in [-0.1, -0.05) is 0 Å². The van der Waals surface area contributed by atoms with E-state index in [-0.39, 0.29) is 11.3 Å². The summed E-state index contributed by atoms with van der Waals surface area (Å²) >= 11 is 1.45. The Morgan fingerprint density at radius 1 is 1.37 bits per heavy atom. The van der Waals surface area contributed by atoms with Crippen molar-refractivity contribution in [1.82, 2.24) is 4.98 Å². The number of hydrogen-bond donors (Lipinski definition) is 2. The highest BCUT2D eigenvalue weighted by Crippen LogP contribution is 2.61. The van der Waals surface area contributed by atoms with Crippen LogP contribution in [-0.4, -0.2) is 21.6 Å². The minimum absolute atomic E-state index is 0.0787. The molecule has 4 saturated carbocycles. The minimum atomic E-state index is -0.579. The molecule has 2 atom stereocenters. The highest BCUT2D eigenvalue weighted by molar-refractivity contribution is 7.13. The Kier molecular flexibility index (Phi) is 2.37. The quantitative estimate of drug-likeness (QED) is 0.873. The number of thiazole rings is 1. The van der Waals surface area contributed by atoms with Gasteiger partial charge in [0.25, 0.3) is 0 Å². The molecule has 5 heteroatoms. The van der Waals surface area contributed by atoms with Gasteiger partial charge in [-0.2, -0.15) is 0 Å². The van der Waals surface area contributed by atoms with Gasteiger partial charge >= 0.3 is 0 Å². The van der Waals surface area contributed by atoms with E-state index in [0.717, 1.165) is 25.7 Å². The van der Waals surface area contributed by atoms with E-state index in [0.29, 0.717) is 23.4 Å². The first-order valence-corrected chi connectivity index (χ1v) is 7.88. The Hall–Kier alpha value is -0.940. The Morgan fingerprint density at radius 2 is 2.11 bits per heavy atom. The number of carbonyl (C=O) groups excluding carboxylic acids is 1. The van der Waals surface area contributed by atoms with Gasteiger partial charge in [-0.05, 0) is 50.4 Å². The molecular weight excluding hydrogens is 260 g/mol. The first-order valence-electron chi connectivity index (χ1n) is 7.00. The smallest absolute Gasteiger partial charge is 0.232 e. The van der Waals surface area contributed by atoms with E-state index in [2.05, 4.69) is 10.3 Å². The van der Waals surface area contributed by atoms with Crippen molar-refractivity contribution >= 4 is 22.4 Å². The number of nitrogens with one attached hydrogen (secondary N) is 1. The molecule has 102 valence electrons. The van der Waals surface area contributed by atoms with Gasteiger partial charge in [0, 0.05) is 11.6 Å². The molecule has 4 aliphatic rings. The van der Waals surface area contributed by atoms with Gasteiger partial charge in [-0.3, -0.25) is 4.79 Å². The van der Waals surface area contributed by atoms with Crippen molar-refractivity contribution in [3.8, 4) is 0 Å². The van der Waals surface area contributed by atoms with Crippen molar-refractivity contribution in [3.63, 3.8) is 0 Å². The van der Waals surface area contributed by atoms with E-state index in [1.54, 1.807) is 6.20 Å². The largest absolute Gasteiger partial charge is 0.390 e. The maximum Gasteiger partial charge on any atom is 0.232 e. The predicted molar refractivity (Wildman–Crippen MR) is 72.8 cm³/mol. The van der Waals surface area contributed by atoms with Crippen molar-refractivity contribution < 1.29 is 9.90 Å². The van der Waals surface area contributed by atoms with Gasteiger partial charge in [0.1, 0.15) is 0 Å². The van der Waals surface area contributed by atoms with Gasteiger partial charge in [-0.15, -0.1) is 11.3 Å². The Labute approximate surface area is 116 Å². The Bertz CT molecular complexity index is 500. The van der Waals surface area contributed by atoms with Crippen molar-refractivity contribution in [1.29, 1.82) is 0 Å². The van der Waals surface area contributed by atoms with Crippen LogP contribution in [0.4, 0.5) is 5.13 Å². The van der Waals surface area contributed by atoms with Crippen LogP contribution >= 0.6 is 11.3 Å². The topological polar surface area (TPSA) is 62.2 Å². The first kappa shape index (κ1) is 11.9. The molecule has 1 amide bonds. The summed E-state index contributed by atoms with van der Waals surface area (Å²) in [7, 11) is 0. The summed E-state index contributed by atoms with van der Waals surface area (Å²) < 4.78 is 0. The average molecular weight is 278 g/mol. The lowest BCUT2D eigenvalue weighted by Gasteiger charge is -2.59. The number of anilines is 1. The Morgan fingerprint density at radius 3 is 2.68 bits per heavy atom. The summed E-state index contributed by atoms with van der Waals surface area (Å²) in [6, 6.07) is 0. The Balaban J connectivity index is 1.61. The predicted octanol–water partition coefficient (Wildman–Crippen LogP) is 2.41. The van der Waals surface area contributed by atoms with E-state index < -0.39 is 5.60 Å². The van der Waals surface area contributed by atoms with Crippen LogP contribution in [0.3, 0.4) is 0 Å². The van der Waals surface area contributed by atoms with E-state index in [1.807, 2.05) is 5.38 Å². The maximum absolute atomic E-state index is 12.7. The lowest BCUT2D eigenvalue weighted by Crippen LogP contribution is -2.59. The number of rotatable bonds is 2. The molecule has 4 aliphatic carbocycles. The molecular formula is C14H18N2O2S. The summed E-state index contributed by atoms with van der Waals surface area (Å²) in [5, 5.41) is 16.1. The zero-order valence-electron chi connectivity index (χ0n) is 10.8. The molecule has 1 aromatic rings. The average Bonchev–Trinajstić information content (AvgIpc) is 2.78. The van der Waals surface area contributed by atoms with Gasteiger partial charge in [-0.25, -0.2) is 4.98 Å². The molecule has 0 spiro atoms. The van der Waals surface area contributed by atoms with Gasteiger partial charge < -0.3 is 10.4 Å². The van der Waals surface area contributed by atoms with Crippen molar-refractivity contribution in [2.45, 2.75) is 44.1 Å². The van der Waals surface area contributed by atoms with Crippen LogP contribution in [0.2, 0.25) is 0 Å². The second kappa shape index (κ2) is 3.79. The van der Waals surface area contributed by atoms with E-state index in [4.69, 9.17) is 0 Å². The lowest BCUT2D eigenvalue weighted by atomic mass is 9.47. The summed E-state index contributed by atoms with van der Waals surface area (Å²) in [6.45, 7) is 0. The molecule has 0 aromatic carbocycles. The second-order valence-corrected chi connectivity index (χ2v) is 7.65. The summed E-state index contributed by atoms with van der Waals surface area (Å²) in [6.07, 6.45) is 7.24. The van der Waals surface area contributed by atoms with Crippen molar-refractivity contribution in [3.05, 3.63) is 11.6 Å². The molecule has 2 N–H and O–H groups in total. The third-order valence-corrected chi connectivity index (χ3v) is 5.85. The number of aliphatic hydroxyl groups is 1. The molecule has 4 bridgehead atoms. The number of aromatic nitrogens is 1. The molecule has 0 aliphatic heterocycles. The SMILES string of the molecule is O=C(Nc1nccs1)C12CC3CC(CC(O)(C3)C1)C2. The molecule has 1 aromatic heterocycles. The standard InChI is InChI=1S/C14H18N2O2S/c17-11(16-12-15-1-2-19-12)13-4-9-3-10(5-13)7-14(18,6-9)8-13/h1-2,9-10,18H,3-8H2,(H,15,16,17). The molecule has 5 rings (SSSR count). The molecule has 0 radical (unpaired) electrons.